The molecule has 1 aliphatic carbocycles. The van der Waals surface area contributed by atoms with Crippen LogP contribution in [-0.4, -0.2) is 18.2 Å². The van der Waals surface area contributed by atoms with E-state index in [-0.39, 0.29) is 11.7 Å². The zero-order valence-electron chi connectivity index (χ0n) is 13.1. The topological polar surface area (TPSA) is 46.5 Å². The van der Waals surface area contributed by atoms with E-state index < -0.39 is 5.97 Å². The Labute approximate surface area is 150 Å². The minimum absolute atomic E-state index is 0.0513. The molecule has 1 unspecified atom stereocenters. The number of aliphatic hydroxyl groups excluding tert-OH is 1. The van der Waals surface area contributed by atoms with Crippen molar-refractivity contribution in [1.29, 1.82) is 0 Å². The van der Waals surface area contributed by atoms with E-state index in [1.807, 2.05) is 30.3 Å². The summed E-state index contributed by atoms with van der Waals surface area (Å²) in [6.45, 7) is 0. The fraction of sp³-hybridized carbons (Fsp3) is 0.211. The number of esters is 1. The molecule has 0 fully saturated rings. The molecule has 2 aromatic rings. The van der Waals surface area contributed by atoms with E-state index in [9.17, 15) is 9.90 Å². The second-order valence-corrected chi connectivity index (χ2v) is 6.66. The minimum Gasteiger partial charge on any atom is -0.507 e. The van der Waals surface area contributed by atoms with Crippen LogP contribution in [0.15, 0.2) is 48.0 Å². The van der Waals surface area contributed by atoms with Crippen molar-refractivity contribution in [2.75, 3.05) is 7.11 Å². The molecular formula is C19H16Cl2O3. The number of halogens is 2. The summed E-state index contributed by atoms with van der Waals surface area (Å²) in [4.78, 5) is 12.2. The molecule has 3 nitrogen and oxygen atoms in total. The lowest BCUT2D eigenvalue weighted by Crippen LogP contribution is -2.25. The van der Waals surface area contributed by atoms with E-state index in [0.717, 1.165) is 11.1 Å². The number of ether oxygens (including phenoxy) is 1. The van der Waals surface area contributed by atoms with Gasteiger partial charge < -0.3 is 9.84 Å². The van der Waals surface area contributed by atoms with Crippen LogP contribution in [0.25, 0.3) is 5.76 Å². The Morgan fingerprint density at radius 3 is 2.50 bits per heavy atom. The Morgan fingerprint density at radius 1 is 1.17 bits per heavy atom. The maximum absolute atomic E-state index is 12.2. The van der Waals surface area contributed by atoms with E-state index in [2.05, 4.69) is 0 Å². The highest BCUT2D eigenvalue weighted by Crippen LogP contribution is 2.37. The number of hydrogen-bond acceptors (Lipinski definition) is 3. The molecule has 0 aromatic heterocycles. The quantitative estimate of drug-likeness (QED) is 0.793. The van der Waals surface area contributed by atoms with Crippen LogP contribution >= 0.6 is 23.2 Å². The number of carbonyl (C=O) groups excluding carboxylic acids is 1. The van der Waals surface area contributed by atoms with Crippen molar-refractivity contribution in [1.82, 2.24) is 0 Å². The monoisotopic (exact) mass is 362 g/mol. The first kappa shape index (κ1) is 16.9. The zero-order valence-corrected chi connectivity index (χ0v) is 14.6. The first-order valence-electron chi connectivity index (χ1n) is 7.54. The molecule has 0 heterocycles. The molecule has 1 N–H and O–H groups in total. The van der Waals surface area contributed by atoms with Gasteiger partial charge in [0.1, 0.15) is 5.76 Å². The van der Waals surface area contributed by atoms with Crippen LogP contribution in [0.5, 0.6) is 0 Å². The Kier molecular flexibility index (Phi) is 4.83. The molecule has 0 radical (unpaired) electrons. The molecule has 3 rings (SSSR count). The van der Waals surface area contributed by atoms with Crippen molar-refractivity contribution >= 4 is 34.9 Å². The minimum atomic E-state index is -0.517. The summed E-state index contributed by atoms with van der Waals surface area (Å²) in [6, 6.07) is 12.8. The normalized spacial score (nSPS) is 16.7. The largest absolute Gasteiger partial charge is 0.507 e. The van der Waals surface area contributed by atoms with Crippen molar-refractivity contribution in [2.45, 2.75) is 12.8 Å². The highest BCUT2D eigenvalue weighted by atomic mass is 35.5. The highest BCUT2D eigenvalue weighted by molar-refractivity contribution is 6.31. The lowest BCUT2D eigenvalue weighted by atomic mass is 9.79. The van der Waals surface area contributed by atoms with Gasteiger partial charge in [-0.05, 0) is 48.2 Å². The highest BCUT2D eigenvalue weighted by Gasteiger charge is 2.32. The summed E-state index contributed by atoms with van der Waals surface area (Å²) < 4.78 is 4.88. The summed E-state index contributed by atoms with van der Waals surface area (Å²) in [6.07, 6.45) is 1.23. The van der Waals surface area contributed by atoms with Crippen LogP contribution < -0.4 is 0 Å². The average Bonchev–Trinajstić information content (AvgIpc) is 2.57. The van der Waals surface area contributed by atoms with Crippen molar-refractivity contribution in [3.05, 3.63) is 74.8 Å². The van der Waals surface area contributed by atoms with E-state index in [1.165, 1.54) is 7.11 Å². The molecular weight excluding hydrogens is 347 g/mol. The molecule has 1 atom stereocenters. The van der Waals surface area contributed by atoms with Crippen LogP contribution in [-0.2, 0) is 22.4 Å². The Bertz CT molecular complexity index is 810. The number of rotatable bonds is 3. The predicted octanol–water partition coefficient (Wildman–Crippen LogP) is 4.85. The third-order valence-corrected chi connectivity index (χ3v) is 4.74. The summed E-state index contributed by atoms with van der Waals surface area (Å²) in [5.41, 5.74) is 2.89. The Balaban J connectivity index is 2.02. The molecule has 0 saturated carbocycles. The van der Waals surface area contributed by atoms with Crippen LogP contribution in [0.2, 0.25) is 10.0 Å². The third kappa shape index (κ3) is 3.28. The zero-order chi connectivity index (χ0) is 17.3. The van der Waals surface area contributed by atoms with Crippen molar-refractivity contribution < 1.29 is 14.6 Å². The molecule has 2 aromatic carbocycles. The fourth-order valence-electron chi connectivity index (χ4n) is 3.11. The van der Waals surface area contributed by atoms with E-state index in [0.29, 0.717) is 34.0 Å². The van der Waals surface area contributed by atoms with Gasteiger partial charge in [0.05, 0.1) is 12.7 Å². The molecule has 124 valence electrons. The summed E-state index contributed by atoms with van der Waals surface area (Å²) in [7, 11) is 1.31. The van der Waals surface area contributed by atoms with Crippen molar-refractivity contribution in [2.24, 2.45) is 5.92 Å². The fourth-order valence-corrected chi connectivity index (χ4v) is 3.40. The number of aliphatic hydroxyl groups is 1. The molecule has 1 aliphatic rings. The number of fused-ring (bicyclic) bond motifs is 1. The van der Waals surface area contributed by atoms with Gasteiger partial charge in [0.15, 0.2) is 0 Å². The number of hydrogen-bond donors (Lipinski definition) is 1. The van der Waals surface area contributed by atoms with Crippen LogP contribution in [0.1, 0.15) is 16.7 Å². The molecule has 0 bridgehead atoms. The van der Waals surface area contributed by atoms with E-state index in [4.69, 9.17) is 27.9 Å². The predicted molar refractivity (Wildman–Crippen MR) is 95.4 cm³/mol. The first-order chi connectivity index (χ1) is 11.5. The smallest absolute Gasteiger partial charge is 0.337 e. The average molecular weight is 363 g/mol. The molecule has 0 amide bonds. The van der Waals surface area contributed by atoms with Crippen molar-refractivity contribution in [3.8, 4) is 0 Å². The van der Waals surface area contributed by atoms with Crippen LogP contribution in [0, 0.1) is 5.92 Å². The van der Waals surface area contributed by atoms with E-state index >= 15 is 0 Å². The number of methoxy groups -OCH3 is 1. The van der Waals surface area contributed by atoms with Gasteiger partial charge in [0, 0.05) is 21.5 Å². The number of benzene rings is 2. The second kappa shape index (κ2) is 6.88. The lowest BCUT2D eigenvalue weighted by molar-refractivity contribution is -0.136. The second-order valence-electron chi connectivity index (χ2n) is 5.79. The molecule has 0 saturated heterocycles. The molecule has 0 aliphatic heterocycles. The molecule has 24 heavy (non-hydrogen) atoms. The van der Waals surface area contributed by atoms with Gasteiger partial charge in [-0.2, -0.15) is 0 Å². The van der Waals surface area contributed by atoms with Gasteiger partial charge in [-0.1, -0.05) is 41.4 Å². The lowest BCUT2D eigenvalue weighted by Gasteiger charge is -2.27. The van der Waals surface area contributed by atoms with Gasteiger partial charge in [-0.25, -0.2) is 4.79 Å². The standard InChI is InChI=1S/C19H16Cl2O3/c1-24-19(23)17-13(8-11-2-5-14(20)6-3-11)9-12-4-7-15(21)10-16(12)18(17)22/h2-7,10,13,22H,8-9H2,1H3. The van der Waals surface area contributed by atoms with Crippen LogP contribution in [0.3, 0.4) is 0 Å². The summed E-state index contributed by atoms with van der Waals surface area (Å²) in [5, 5.41) is 11.8. The van der Waals surface area contributed by atoms with Crippen LogP contribution in [0.4, 0.5) is 0 Å². The van der Waals surface area contributed by atoms with Gasteiger partial charge >= 0.3 is 5.97 Å². The maximum atomic E-state index is 12.2. The molecule has 0 spiro atoms. The Hall–Kier alpha value is -1.97. The summed E-state index contributed by atoms with van der Waals surface area (Å²) in [5.74, 6) is -0.742. The Morgan fingerprint density at radius 2 is 1.83 bits per heavy atom. The van der Waals surface area contributed by atoms with Gasteiger partial charge in [0.2, 0.25) is 0 Å². The number of carbonyl (C=O) groups is 1. The van der Waals surface area contributed by atoms with Gasteiger partial charge in [-0.3, -0.25) is 0 Å². The first-order valence-corrected chi connectivity index (χ1v) is 8.30. The van der Waals surface area contributed by atoms with Gasteiger partial charge in [-0.15, -0.1) is 0 Å². The van der Waals surface area contributed by atoms with E-state index in [1.54, 1.807) is 12.1 Å². The van der Waals surface area contributed by atoms with Gasteiger partial charge in [0.25, 0.3) is 0 Å². The maximum Gasteiger partial charge on any atom is 0.337 e. The summed E-state index contributed by atoms with van der Waals surface area (Å²) >= 11 is 11.9. The molecule has 5 heteroatoms. The SMILES string of the molecule is COC(=O)C1=C(O)c2cc(Cl)ccc2CC1Cc1ccc(Cl)cc1. The van der Waals surface area contributed by atoms with Crippen molar-refractivity contribution in [3.63, 3.8) is 0 Å². The third-order valence-electron chi connectivity index (χ3n) is 4.26.